The highest BCUT2D eigenvalue weighted by Crippen LogP contribution is 2.23. The smallest absolute Gasteiger partial charge is 0.373 e. The Balaban J connectivity index is 2.23. The molecule has 0 unspecified atom stereocenters. The second kappa shape index (κ2) is 8.77. The number of anilines is 1. The van der Waals surface area contributed by atoms with Crippen LogP contribution in [0.4, 0.5) is 5.69 Å². The van der Waals surface area contributed by atoms with Crippen LogP contribution >= 0.6 is 0 Å². The average molecular weight is 325 g/mol. The second-order valence-corrected chi connectivity index (χ2v) is 5.11. The van der Waals surface area contributed by atoms with E-state index >= 15 is 0 Å². The summed E-state index contributed by atoms with van der Waals surface area (Å²) in [5.41, 5.74) is 4.20. The van der Waals surface area contributed by atoms with Gasteiger partial charge in [0.2, 0.25) is 5.76 Å². The van der Waals surface area contributed by atoms with Gasteiger partial charge in [0.25, 0.3) is 0 Å². The van der Waals surface area contributed by atoms with Crippen LogP contribution in [0.3, 0.4) is 0 Å². The third kappa shape index (κ3) is 4.62. The van der Waals surface area contributed by atoms with Crippen molar-refractivity contribution in [1.82, 2.24) is 0 Å². The summed E-state index contributed by atoms with van der Waals surface area (Å²) in [6.45, 7) is 4.35. The van der Waals surface area contributed by atoms with Gasteiger partial charge in [0.1, 0.15) is 0 Å². The first-order valence-corrected chi connectivity index (χ1v) is 8.07. The zero-order valence-electron chi connectivity index (χ0n) is 14.3. The molecule has 4 heteroatoms. The minimum absolute atomic E-state index is 0.226. The van der Waals surface area contributed by atoms with Crippen LogP contribution in [-0.2, 0) is 14.3 Å². The predicted octanol–water partition coefficient (Wildman–Crippen LogP) is 4.34. The third-order valence-corrected chi connectivity index (χ3v) is 3.47. The molecule has 2 aromatic rings. The quantitative estimate of drug-likeness (QED) is 0.467. The largest absolute Gasteiger partial charge is 0.487 e. The molecule has 24 heavy (non-hydrogen) atoms. The van der Waals surface area contributed by atoms with Crippen molar-refractivity contribution in [1.29, 1.82) is 0 Å². The topological polar surface area (TPSA) is 47.6 Å². The van der Waals surface area contributed by atoms with Gasteiger partial charge in [0, 0.05) is 12.7 Å². The molecule has 2 aromatic carbocycles. The Bertz CT molecular complexity index is 705. The van der Waals surface area contributed by atoms with E-state index < -0.39 is 5.97 Å². The van der Waals surface area contributed by atoms with Crippen LogP contribution in [0.5, 0.6) is 0 Å². The van der Waals surface area contributed by atoms with Gasteiger partial charge in [-0.1, -0.05) is 36.4 Å². The number of carbonyl (C=O) groups excluding carboxylic acids is 1. The van der Waals surface area contributed by atoms with Crippen LogP contribution in [0, 0.1) is 0 Å². The summed E-state index contributed by atoms with van der Waals surface area (Å²) in [4.78, 5) is 11.9. The minimum atomic E-state index is -0.440. The van der Waals surface area contributed by atoms with Gasteiger partial charge in [0.15, 0.2) is 0 Å². The standard InChI is InChI=1S/C20H23NO3/c1-4-23-19(20(22)24-5-2)13-15-9-11-16(12-10-15)17-7-6-8-18(14-17)21-3/h6-14,21H,4-5H2,1-3H3/b19-13-. The van der Waals surface area contributed by atoms with Crippen molar-refractivity contribution in [3.05, 3.63) is 59.9 Å². The van der Waals surface area contributed by atoms with E-state index in [1.165, 1.54) is 0 Å². The lowest BCUT2D eigenvalue weighted by atomic mass is 10.0. The summed E-state index contributed by atoms with van der Waals surface area (Å²) >= 11 is 0. The van der Waals surface area contributed by atoms with Crippen molar-refractivity contribution in [2.45, 2.75) is 13.8 Å². The molecule has 1 N–H and O–H groups in total. The van der Waals surface area contributed by atoms with Crippen molar-refractivity contribution in [2.24, 2.45) is 0 Å². The van der Waals surface area contributed by atoms with Gasteiger partial charge in [-0.15, -0.1) is 0 Å². The minimum Gasteiger partial charge on any atom is -0.487 e. The van der Waals surface area contributed by atoms with Crippen LogP contribution < -0.4 is 5.32 Å². The molecular formula is C20H23NO3. The number of ether oxygens (including phenoxy) is 2. The van der Waals surface area contributed by atoms with Gasteiger partial charge in [-0.05, 0) is 48.7 Å². The van der Waals surface area contributed by atoms with E-state index in [-0.39, 0.29) is 5.76 Å². The highest BCUT2D eigenvalue weighted by Gasteiger charge is 2.11. The van der Waals surface area contributed by atoms with Crippen LogP contribution in [-0.4, -0.2) is 26.2 Å². The Morgan fingerprint density at radius 1 is 1.00 bits per heavy atom. The number of hydrogen-bond donors (Lipinski definition) is 1. The molecule has 0 spiro atoms. The van der Waals surface area contributed by atoms with Crippen molar-refractivity contribution in [3.63, 3.8) is 0 Å². The monoisotopic (exact) mass is 325 g/mol. The molecule has 0 aliphatic carbocycles. The Kier molecular flexibility index (Phi) is 6.43. The number of nitrogens with one attached hydrogen (secondary N) is 1. The fraction of sp³-hybridized carbons (Fsp3) is 0.250. The van der Waals surface area contributed by atoms with Crippen molar-refractivity contribution >= 4 is 17.7 Å². The maximum Gasteiger partial charge on any atom is 0.373 e. The molecular weight excluding hydrogens is 302 g/mol. The lowest BCUT2D eigenvalue weighted by molar-refractivity contribution is -0.142. The van der Waals surface area contributed by atoms with Gasteiger partial charge in [-0.25, -0.2) is 4.79 Å². The zero-order chi connectivity index (χ0) is 17.4. The zero-order valence-corrected chi connectivity index (χ0v) is 14.3. The van der Waals surface area contributed by atoms with Crippen molar-refractivity contribution < 1.29 is 14.3 Å². The highest BCUT2D eigenvalue weighted by molar-refractivity contribution is 5.91. The molecule has 4 nitrogen and oxygen atoms in total. The molecule has 2 rings (SSSR count). The molecule has 0 radical (unpaired) electrons. The number of carbonyl (C=O) groups is 1. The molecule has 0 saturated heterocycles. The molecule has 0 aliphatic rings. The molecule has 0 aromatic heterocycles. The summed E-state index contributed by atoms with van der Waals surface area (Å²) in [5, 5.41) is 3.14. The van der Waals surface area contributed by atoms with Crippen LogP contribution in [0.1, 0.15) is 19.4 Å². The Morgan fingerprint density at radius 2 is 1.71 bits per heavy atom. The van der Waals surface area contributed by atoms with E-state index in [0.29, 0.717) is 13.2 Å². The van der Waals surface area contributed by atoms with E-state index in [9.17, 15) is 4.79 Å². The lowest BCUT2D eigenvalue weighted by Crippen LogP contribution is -2.10. The van der Waals surface area contributed by atoms with Crippen LogP contribution in [0.15, 0.2) is 54.3 Å². The molecule has 126 valence electrons. The number of rotatable bonds is 7. The van der Waals surface area contributed by atoms with Gasteiger partial charge >= 0.3 is 5.97 Å². The number of hydrogen-bond acceptors (Lipinski definition) is 4. The summed E-state index contributed by atoms with van der Waals surface area (Å²) in [7, 11) is 1.90. The first-order chi connectivity index (χ1) is 11.7. The predicted molar refractivity (Wildman–Crippen MR) is 97.7 cm³/mol. The summed E-state index contributed by atoms with van der Waals surface area (Å²) in [6, 6.07) is 16.2. The summed E-state index contributed by atoms with van der Waals surface area (Å²) in [6.07, 6.45) is 1.70. The van der Waals surface area contributed by atoms with Gasteiger partial charge in [-0.2, -0.15) is 0 Å². The fourth-order valence-corrected chi connectivity index (χ4v) is 2.29. The third-order valence-electron chi connectivity index (χ3n) is 3.47. The second-order valence-electron chi connectivity index (χ2n) is 5.11. The molecule has 0 bridgehead atoms. The maximum absolute atomic E-state index is 11.9. The molecule has 0 aliphatic heterocycles. The van der Waals surface area contributed by atoms with E-state index in [2.05, 4.69) is 17.4 Å². The molecule has 0 saturated carbocycles. The van der Waals surface area contributed by atoms with E-state index in [0.717, 1.165) is 22.4 Å². The Morgan fingerprint density at radius 3 is 2.33 bits per heavy atom. The Hall–Kier alpha value is -2.75. The first-order valence-electron chi connectivity index (χ1n) is 8.07. The van der Waals surface area contributed by atoms with Gasteiger partial charge in [-0.3, -0.25) is 0 Å². The average Bonchev–Trinajstić information content (AvgIpc) is 2.62. The van der Waals surface area contributed by atoms with E-state index in [4.69, 9.17) is 9.47 Å². The molecule has 0 fully saturated rings. The maximum atomic E-state index is 11.9. The van der Waals surface area contributed by atoms with Crippen LogP contribution in [0.2, 0.25) is 0 Å². The molecule has 0 atom stereocenters. The number of esters is 1. The van der Waals surface area contributed by atoms with Gasteiger partial charge < -0.3 is 14.8 Å². The summed E-state index contributed by atoms with van der Waals surface area (Å²) < 4.78 is 10.4. The van der Waals surface area contributed by atoms with Crippen LogP contribution in [0.25, 0.3) is 17.2 Å². The van der Waals surface area contributed by atoms with Gasteiger partial charge in [0.05, 0.1) is 13.2 Å². The lowest BCUT2D eigenvalue weighted by Gasteiger charge is -2.08. The van der Waals surface area contributed by atoms with Crippen molar-refractivity contribution in [3.8, 4) is 11.1 Å². The molecule has 0 heterocycles. The van der Waals surface area contributed by atoms with E-state index in [1.54, 1.807) is 13.0 Å². The van der Waals surface area contributed by atoms with E-state index in [1.807, 2.05) is 50.4 Å². The highest BCUT2D eigenvalue weighted by atomic mass is 16.6. The number of benzene rings is 2. The SMILES string of the molecule is CCOC(=O)/C(=C/c1ccc(-c2cccc(NC)c2)cc1)OCC. The molecule has 0 amide bonds. The Labute approximate surface area is 143 Å². The fourth-order valence-electron chi connectivity index (χ4n) is 2.29. The first kappa shape index (κ1) is 17.6. The normalized spacial score (nSPS) is 11.0. The summed E-state index contributed by atoms with van der Waals surface area (Å²) in [5.74, 6) is -0.213. The van der Waals surface area contributed by atoms with Crippen molar-refractivity contribution in [2.75, 3.05) is 25.6 Å².